The number of hydrogen-bond acceptors (Lipinski definition) is 2. The molecule has 0 radical (unpaired) electrons. The van der Waals surface area contributed by atoms with Crippen LogP contribution < -0.4 is 5.32 Å². The van der Waals surface area contributed by atoms with Crippen molar-refractivity contribution in [1.82, 2.24) is 10.2 Å². The van der Waals surface area contributed by atoms with Crippen molar-refractivity contribution in [3.05, 3.63) is 104 Å². The zero-order chi connectivity index (χ0) is 24.7. The van der Waals surface area contributed by atoms with E-state index in [1.807, 2.05) is 68.4 Å². The number of hydrogen-bond donors (Lipinski definition) is 1. The van der Waals surface area contributed by atoms with Gasteiger partial charge in [-0.25, -0.2) is 0 Å². The lowest BCUT2D eigenvalue weighted by molar-refractivity contribution is -0.141. The van der Waals surface area contributed by atoms with Gasteiger partial charge in [-0.3, -0.25) is 9.59 Å². The summed E-state index contributed by atoms with van der Waals surface area (Å²) in [6.45, 7) is 4.12. The Labute approximate surface area is 219 Å². The molecule has 1 N–H and O–H groups in total. The van der Waals surface area contributed by atoms with E-state index >= 15 is 0 Å². The summed E-state index contributed by atoms with van der Waals surface area (Å²) < 4.78 is 0.910. The first-order valence-electron chi connectivity index (χ1n) is 11.0. The van der Waals surface area contributed by atoms with Crippen LogP contribution in [0.25, 0.3) is 0 Å². The summed E-state index contributed by atoms with van der Waals surface area (Å²) >= 11 is 15.7. The molecule has 0 saturated carbocycles. The summed E-state index contributed by atoms with van der Waals surface area (Å²) in [4.78, 5) is 28.7. The zero-order valence-corrected chi connectivity index (χ0v) is 22.2. The van der Waals surface area contributed by atoms with Gasteiger partial charge in [0.1, 0.15) is 6.04 Å². The summed E-state index contributed by atoms with van der Waals surface area (Å²) in [5.41, 5.74) is 2.64. The first-order valence-corrected chi connectivity index (χ1v) is 12.6. The fourth-order valence-corrected chi connectivity index (χ4v) is 4.46. The molecule has 0 saturated heterocycles. The van der Waals surface area contributed by atoms with Gasteiger partial charge in [-0.15, -0.1) is 0 Å². The third-order valence-corrected chi connectivity index (χ3v) is 6.52. The van der Waals surface area contributed by atoms with Crippen LogP contribution in [0.4, 0.5) is 0 Å². The van der Waals surface area contributed by atoms with Crippen LogP contribution in [0.1, 0.15) is 30.5 Å². The fraction of sp³-hybridized carbons (Fsp3) is 0.259. The molecule has 3 aromatic rings. The lowest BCUT2D eigenvalue weighted by Crippen LogP contribution is -2.52. The minimum atomic E-state index is -0.681. The quantitative estimate of drug-likeness (QED) is 0.326. The molecule has 0 aliphatic heterocycles. The van der Waals surface area contributed by atoms with Crippen LogP contribution in [0.2, 0.25) is 10.0 Å². The number of amides is 2. The normalized spacial score (nSPS) is 11.8. The Morgan fingerprint density at radius 2 is 1.59 bits per heavy atom. The summed E-state index contributed by atoms with van der Waals surface area (Å²) in [7, 11) is 0. The van der Waals surface area contributed by atoms with Gasteiger partial charge in [0.25, 0.3) is 0 Å². The van der Waals surface area contributed by atoms with Gasteiger partial charge in [-0.05, 0) is 54.8 Å². The highest BCUT2D eigenvalue weighted by Gasteiger charge is 2.30. The first kappa shape index (κ1) is 26.3. The Balaban J connectivity index is 1.98. The van der Waals surface area contributed by atoms with E-state index in [0.717, 1.165) is 21.2 Å². The van der Waals surface area contributed by atoms with Crippen LogP contribution in [0.3, 0.4) is 0 Å². The number of rotatable bonds is 9. The number of nitrogens with zero attached hydrogens (tertiary/aromatic N) is 1. The lowest BCUT2D eigenvalue weighted by Gasteiger charge is -2.32. The predicted molar refractivity (Wildman–Crippen MR) is 142 cm³/mol. The fourth-order valence-electron chi connectivity index (χ4n) is 3.69. The van der Waals surface area contributed by atoms with E-state index in [4.69, 9.17) is 23.2 Å². The summed E-state index contributed by atoms with van der Waals surface area (Å²) in [5, 5.41) is 3.82. The van der Waals surface area contributed by atoms with Crippen LogP contribution in [-0.2, 0) is 29.0 Å². The SMILES string of the molecule is CC(C)NC(=O)[C@@H](Cc1ccccc1)N(Cc1cccc(Br)c1)C(=O)Cc1ccc(Cl)c(Cl)c1. The van der Waals surface area contributed by atoms with Crippen molar-refractivity contribution < 1.29 is 9.59 Å². The Kier molecular flexibility index (Phi) is 9.57. The molecule has 7 heteroatoms. The second-order valence-corrected chi connectivity index (χ2v) is 10.2. The molecule has 178 valence electrons. The third kappa shape index (κ3) is 7.59. The molecule has 1 atom stereocenters. The van der Waals surface area contributed by atoms with Crippen LogP contribution in [0.5, 0.6) is 0 Å². The maximum absolute atomic E-state index is 13.7. The van der Waals surface area contributed by atoms with E-state index in [2.05, 4.69) is 21.2 Å². The molecule has 3 aromatic carbocycles. The van der Waals surface area contributed by atoms with Crippen molar-refractivity contribution in [3.8, 4) is 0 Å². The minimum absolute atomic E-state index is 0.0522. The minimum Gasteiger partial charge on any atom is -0.352 e. The van der Waals surface area contributed by atoms with Crippen molar-refractivity contribution in [2.75, 3.05) is 0 Å². The number of carbonyl (C=O) groups excluding carboxylic acids is 2. The molecule has 0 unspecified atom stereocenters. The molecule has 34 heavy (non-hydrogen) atoms. The van der Waals surface area contributed by atoms with Crippen LogP contribution in [0.15, 0.2) is 77.3 Å². The molecule has 4 nitrogen and oxygen atoms in total. The van der Waals surface area contributed by atoms with E-state index in [1.165, 1.54) is 0 Å². The molecule has 0 fully saturated rings. The second kappa shape index (κ2) is 12.4. The van der Waals surface area contributed by atoms with Gasteiger partial charge in [0, 0.05) is 23.5 Å². The van der Waals surface area contributed by atoms with Crippen molar-refractivity contribution in [2.24, 2.45) is 0 Å². The van der Waals surface area contributed by atoms with E-state index in [0.29, 0.717) is 23.0 Å². The van der Waals surface area contributed by atoms with Gasteiger partial charge in [-0.1, -0.05) is 87.7 Å². The predicted octanol–water partition coefficient (Wildman–Crippen LogP) is 6.46. The van der Waals surface area contributed by atoms with E-state index < -0.39 is 6.04 Å². The van der Waals surface area contributed by atoms with Crippen molar-refractivity contribution in [1.29, 1.82) is 0 Å². The molecule has 0 bridgehead atoms. The maximum atomic E-state index is 13.7. The Morgan fingerprint density at radius 1 is 0.882 bits per heavy atom. The van der Waals surface area contributed by atoms with E-state index in [-0.39, 0.29) is 24.3 Å². The number of benzene rings is 3. The topological polar surface area (TPSA) is 49.4 Å². The molecule has 0 aliphatic rings. The summed E-state index contributed by atoms with van der Waals surface area (Å²) in [6.07, 6.45) is 0.506. The van der Waals surface area contributed by atoms with Crippen LogP contribution >= 0.6 is 39.1 Å². The molecular formula is C27H27BrCl2N2O2. The standard InChI is InChI=1S/C27H27BrCl2N2O2/c1-18(2)31-27(34)25(15-19-7-4-3-5-8-19)32(17-21-9-6-10-22(28)13-21)26(33)16-20-11-12-23(29)24(30)14-20/h3-14,18,25H,15-17H2,1-2H3,(H,31,34)/t25-/m1/s1. The van der Waals surface area contributed by atoms with Gasteiger partial charge in [-0.2, -0.15) is 0 Å². The highest BCUT2D eigenvalue weighted by Crippen LogP contribution is 2.24. The molecule has 0 aromatic heterocycles. The first-order chi connectivity index (χ1) is 16.2. The van der Waals surface area contributed by atoms with Crippen molar-refractivity contribution in [2.45, 2.75) is 45.3 Å². The Bertz CT molecular complexity index is 1140. The smallest absolute Gasteiger partial charge is 0.243 e. The molecule has 0 spiro atoms. The highest BCUT2D eigenvalue weighted by atomic mass is 79.9. The summed E-state index contributed by atoms with van der Waals surface area (Å²) in [5.74, 6) is -0.352. The van der Waals surface area contributed by atoms with Gasteiger partial charge in [0.05, 0.1) is 16.5 Å². The molecular weight excluding hydrogens is 535 g/mol. The Hall–Kier alpha value is -2.34. The van der Waals surface area contributed by atoms with Gasteiger partial charge in [0.15, 0.2) is 0 Å². The zero-order valence-electron chi connectivity index (χ0n) is 19.1. The molecule has 0 heterocycles. The summed E-state index contributed by atoms with van der Waals surface area (Å²) in [6, 6.07) is 21.9. The maximum Gasteiger partial charge on any atom is 0.243 e. The van der Waals surface area contributed by atoms with E-state index in [9.17, 15) is 9.59 Å². The monoisotopic (exact) mass is 560 g/mol. The van der Waals surface area contributed by atoms with Crippen LogP contribution in [0, 0.1) is 0 Å². The largest absolute Gasteiger partial charge is 0.352 e. The van der Waals surface area contributed by atoms with Crippen molar-refractivity contribution >= 4 is 50.9 Å². The lowest BCUT2D eigenvalue weighted by atomic mass is 10.0. The van der Waals surface area contributed by atoms with Crippen LogP contribution in [-0.4, -0.2) is 28.8 Å². The molecule has 0 aliphatic carbocycles. The van der Waals surface area contributed by atoms with E-state index in [1.54, 1.807) is 23.1 Å². The highest BCUT2D eigenvalue weighted by molar-refractivity contribution is 9.10. The third-order valence-electron chi connectivity index (χ3n) is 5.28. The molecule has 2 amide bonds. The molecule has 3 rings (SSSR count). The number of nitrogens with one attached hydrogen (secondary N) is 1. The van der Waals surface area contributed by atoms with Gasteiger partial charge < -0.3 is 10.2 Å². The average molecular weight is 562 g/mol. The number of carbonyl (C=O) groups is 2. The number of halogens is 3. The van der Waals surface area contributed by atoms with Crippen molar-refractivity contribution in [3.63, 3.8) is 0 Å². The second-order valence-electron chi connectivity index (χ2n) is 8.45. The average Bonchev–Trinajstić information content (AvgIpc) is 2.79. The van der Waals surface area contributed by atoms with Gasteiger partial charge in [0.2, 0.25) is 11.8 Å². The Morgan fingerprint density at radius 3 is 2.24 bits per heavy atom. The van der Waals surface area contributed by atoms with Gasteiger partial charge >= 0.3 is 0 Å².